The lowest BCUT2D eigenvalue weighted by molar-refractivity contribution is 1.07. The average molecular weight is 866 g/mol. The van der Waals surface area contributed by atoms with Gasteiger partial charge in [0, 0.05) is 49.6 Å². The zero-order valence-electron chi connectivity index (χ0n) is 36.8. The van der Waals surface area contributed by atoms with E-state index < -0.39 is 0 Å². The largest absolute Gasteiger partial charge is 0.309 e. The maximum absolute atomic E-state index is 5.39. The van der Waals surface area contributed by atoms with Crippen LogP contribution in [0.5, 0.6) is 0 Å². The minimum absolute atomic E-state index is 0.621. The van der Waals surface area contributed by atoms with Gasteiger partial charge in [-0.3, -0.25) is 0 Å². The fraction of sp³-hybridized carbons (Fsp3) is 0. The normalized spacial score (nSPS) is 11.8. The van der Waals surface area contributed by atoms with Crippen molar-refractivity contribution < 1.29 is 0 Å². The van der Waals surface area contributed by atoms with Crippen LogP contribution in [0.15, 0.2) is 237 Å². The third kappa shape index (κ3) is 5.93. The monoisotopic (exact) mass is 865 g/mol. The van der Waals surface area contributed by atoms with Crippen molar-refractivity contribution in [2.24, 2.45) is 0 Å². The minimum atomic E-state index is 0.621. The van der Waals surface area contributed by atoms with Gasteiger partial charge in [0.2, 0.25) is 0 Å². The molecule has 0 saturated heterocycles. The van der Waals surface area contributed by atoms with Crippen LogP contribution in [0, 0.1) is 0 Å². The summed E-state index contributed by atoms with van der Waals surface area (Å²) in [5.41, 5.74) is 12.0. The highest BCUT2D eigenvalue weighted by Crippen LogP contribution is 2.42. The Labute approximate surface area is 391 Å². The van der Waals surface area contributed by atoms with Crippen molar-refractivity contribution >= 4 is 75.9 Å². The van der Waals surface area contributed by atoms with Crippen molar-refractivity contribution in [3.05, 3.63) is 237 Å². The summed E-state index contributed by atoms with van der Waals surface area (Å²) in [4.78, 5) is 15.9. The Morgan fingerprint density at radius 3 is 1.35 bits per heavy atom. The molecule has 0 aliphatic rings. The van der Waals surface area contributed by atoms with E-state index in [0.717, 1.165) is 49.9 Å². The molecule has 0 atom stereocenters. The Bertz CT molecular complexity index is 4300. The van der Waals surface area contributed by atoms with Gasteiger partial charge in [0.05, 0.1) is 22.1 Å². The lowest BCUT2D eigenvalue weighted by atomic mass is 9.91. The van der Waals surface area contributed by atoms with Crippen LogP contribution in [0.4, 0.5) is 0 Å². The standard InChI is InChI=1S/C63H39N5/c1-4-17-40(18-5-1)61-64-62(66-63(65-61)53-28-16-27-52-50-25-12-15-30-58(50)68(60(52)53)45-21-8-3-9-22-45)43-32-35-49-54-37-41(31-34-48(54)46-23-10-11-24-47(46)55(49)39-43)42-33-36-59-56(38-42)51-26-13-14-29-57(51)67(59)44-19-6-2-7-20-44/h1-39H. The molecule has 0 radical (unpaired) electrons. The van der Waals surface area contributed by atoms with Gasteiger partial charge in [-0.15, -0.1) is 0 Å². The number of hydrogen-bond acceptors (Lipinski definition) is 3. The van der Waals surface area contributed by atoms with Crippen LogP contribution >= 0.6 is 0 Å². The molecule has 68 heavy (non-hydrogen) atoms. The molecule has 5 nitrogen and oxygen atoms in total. The van der Waals surface area contributed by atoms with Gasteiger partial charge in [0.25, 0.3) is 0 Å². The highest BCUT2D eigenvalue weighted by molar-refractivity contribution is 6.26. The molecule has 0 unspecified atom stereocenters. The fourth-order valence-electron chi connectivity index (χ4n) is 10.7. The predicted molar refractivity (Wildman–Crippen MR) is 283 cm³/mol. The van der Waals surface area contributed by atoms with Gasteiger partial charge in [0.1, 0.15) is 0 Å². The van der Waals surface area contributed by atoms with Crippen LogP contribution in [0.2, 0.25) is 0 Å². The lowest BCUT2D eigenvalue weighted by Crippen LogP contribution is -2.02. The maximum atomic E-state index is 5.39. The van der Waals surface area contributed by atoms with Crippen molar-refractivity contribution in [3.8, 4) is 56.7 Å². The summed E-state index contributed by atoms with van der Waals surface area (Å²) in [7, 11) is 0. The Kier molecular flexibility index (Phi) is 8.52. The number of rotatable bonds is 6. The molecule has 3 aromatic heterocycles. The molecular formula is C63H39N5. The van der Waals surface area contributed by atoms with Gasteiger partial charge >= 0.3 is 0 Å². The second kappa shape index (κ2) is 15.2. The topological polar surface area (TPSA) is 48.5 Å². The molecule has 3 heterocycles. The lowest BCUT2D eigenvalue weighted by Gasteiger charge is -2.14. The third-order valence-corrected chi connectivity index (χ3v) is 13.7. The molecular weight excluding hydrogens is 827 g/mol. The van der Waals surface area contributed by atoms with Crippen molar-refractivity contribution in [1.82, 2.24) is 24.1 Å². The van der Waals surface area contributed by atoms with Crippen molar-refractivity contribution in [2.75, 3.05) is 0 Å². The number of aromatic nitrogens is 5. The predicted octanol–water partition coefficient (Wildman–Crippen LogP) is 16.2. The van der Waals surface area contributed by atoms with Gasteiger partial charge in [-0.2, -0.15) is 0 Å². The quantitative estimate of drug-likeness (QED) is 0.156. The van der Waals surface area contributed by atoms with Gasteiger partial charge in [0.15, 0.2) is 17.5 Å². The number of hydrogen-bond donors (Lipinski definition) is 0. The Morgan fingerprint density at radius 2 is 0.662 bits per heavy atom. The highest BCUT2D eigenvalue weighted by Gasteiger charge is 2.21. The SMILES string of the molecule is c1ccc(-c2nc(-c3ccc4c5cc(-c6ccc7c(c6)c6ccccc6n7-c6ccccc6)ccc5c5ccccc5c4c3)nc(-c3cccc4c5ccccc5n(-c5ccccc5)c34)n2)cc1. The second-order valence-electron chi connectivity index (χ2n) is 17.5. The van der Waals surface area contributed by atoms with Gasteiger partial charge in [-0.25, -0.2) is 15.0 Å². The summed E-state index contributed by atoms with van der Waals surface area (Å²) in [6.45, 7) is 0. The smallest absolute Gasteiger partial charge is 0.166 e. The van der Waals surface area contributed by atoms with Crippen LogP contribution in [-0.2, 0) is 0 Å². The van der Waals surface area contributed by atoms with Gasteiger partial charge in [-0.1, -0.05) is 170 Å². The molecule has 316 valence electrons. The Hall–Kier alpha value is -9.19. The van der Waals surface area contributed by atoms with Gasteiger partial charge < -0.3 is 9.13 Å². The van der Waals surface area contributed by atoms with Crippen LogP contribution < -0.4 is 0 Å². The molecule has 14 aromatic rings. The number of para-hydroxylation sites is 5. The van der Waals surface area contributed by atoms with E-state index in [4.69, 9.17) is 15.0 Å². The van der Waals surface area contributed by atoms with Crippen molar-refractivity contribution in [3.63, 3.8) is 0 Å². The summed E-state index contributed by atoms with van der Waals surface area (Å²) in [6.07, 6.45) is 0. The summed E-state index contributed by atoms with van der Waals surface area (Å²) in [6, 6.07) is 84.6. The second-order valence-corrected chi connectivity index (χ2v) is 17.5. The number of nitrogens with zero attached hydrogens (tertiary/aromatic N) is 5. The van der Waals surface area contributed by atoms with E-state index in [1.165, 1.54) is 65.3 Å². The molecule has 0 N–H and O–H groups in total. The van der Waals surface area contributed by atoms with Crippen LogP contribution in [0.1, 0.15) is 0 Å². The van der Waals surface area contributed by atoms with E-state index in [1.807, 2.05) is 18.2 Å². The molecule has 14 rings (SSSR count). The van der Waals surface area contributed by atoms with E-state index >= 15 is 0 Å². The first-order valence-electron chi connectivity index (χ1n) is 23.1. The van der Waals surface area contributed by atoms with E-state index in [2.05, 4.69) is 228 Å². The average Bonchev–Trinajstić information content (AvgIpc) is 3.94. The molecule has 0 aliphatic carbocycles. The van der Waals surface area contributed by atoms with Gasteiger partial charge in [-0.05, 0) is 110 Å². The molecule has 0 aliphatic heterocycles. The number of fused-ring (bicyclic) bond motifs is 12. The van der Waals surface area contributed by atoms with Crippen molar-refractivity contribution in [1.29, 1.82) is 0 Å². The molecule has 11 aromatic carbocycles. The zero-order valence-corrected chi connectivity index (χ0v) is 36.8. The summed E-state index contributed by atoms with van der Waals surface area (Å²) in [5.74, 6) is 1.87. The summed E-state index contributed by atoms with van der Waals surface area (Å²) >= 11 is 0. The molecule has 0 fully saturated rings. The van der Waals surface area contributed by atoms with E-state index in [-0.39, 0.29) is 0 Å². The summed E-state index contributed by atoms with van der Waals surface area (Å²) in [5, 5.41) is 12.0. The molecule has 0 saturated carbocycles. The maximum Gasteiger partial charge on any atom is 0.166 e. The van der Waals surface area contributed by atoms with Crippen molar-refractivity contribution in [2.45, 2.75) is 0 Å². The third-order valence-electron chi connectivity index (χ3n) is 13.7. The van der Waals surface area contributed by atoms with Crippen LogP contribution in [-0.4, -0.2) is 24.1 Å². The summed E-state index contributed by atoms with van der Waals surface area (Å²) < 4.78 is 4.71. The molecule has 5 heteroatoms. The zero-order chi connectivity index (χ0) is 44.7. The minimum Gasteiger partial charge on any atom is -0.309 e. The van der Waals surface area contributed by atoms with Crippen LogP contribution in [0.25, 0.3) is 133 Å². The van der Waals surface area contributed by atoms with E-state index in [0.29, 0.717) is 17.5 Å². The fourth-order valence-corrected chi connectivity index (χ4v) is 10.7. The van der Waals surface area contributed by atoms with E-state index in [1.54, 1.807) is 0 Å². The molecule has 0 amide bonds. The first-order valence-corrected chi connectivity index (χ1v) is 23.1. The first-order chi connectivity index (χ1) is 33.7. The van der Waals surface area contributed by atoms with Crippen LogP contribution in [0.3, 0.4) is 0 Å². The highest BCUT2D eigenvalue weighted by atomic mass is 15.0. The van der Waals surface area contributed by atoms with E-state index in [9.17, 15) is 0 Å². The first kappa shape index (κ1) is 38.1. The Balaban J connectivity index is 0.965. The molecule has 0 bridgehead atoms. The Morgan fingerprint density at radius 1 is 0.235 bits per heavy atom. The number of benzene rings is 11. The molecule has 0 spiro atoms.